The molecule has 0 aliphatic heterocycles. The van der Waals surface area contributed by atoms with Gasteiger partial charge in [-0.3, -0.25) is 0 Å². The summed E-state index contributed by atoms with van der Waals surface area (Å²) < 4.78 is 52.1. The number of rotatable bonds is 1. The zero-order valence-electron chi connectivity index (χ0n) is 9.76. The van der Waals surface area contributed by atoms with Gasteiger partial charge in [0.2, 0.25) is 5.82 Å². The Bertz CT molecular complexity index is 596. The van der Waals surface area contributed by atoms with Crippen molar-refractivity contribution in [3.05, 3.63) is 66.8 Å². The zero-order valence-corrected chi connectivity index (χ0v) is 9.76. The van der Waals surface area contributed by atoms with Gasteiger partial charge in [0.05, 0.1) is 0 Å². The van der Waals surface area contributed by atoms with E-state index >= 15 is 0 Å². The second-order valence-electron chi connectivity index (χ2n) is 3.39. The van der Waals surface area contributed by atoms with Crippen LogP contribution in [0.3, 0.4) is 0 Å². The largest absolute Gasteiger partial charge is 0.505 e. The number of benzene rings is 2. The topological polar surface area (TPSA) is 20.2 Å². The minimum absolute atomic E-state index is 0.0136. The molecule has 0 heterocycles. The van der Waals surface area contributed by atoms with E-state index in [0.717, 1.165) is 30.3 Å². The van der Waals surface area contributed by atoms with Crippen LogP contribution in [0, 0.1) is 23.3 Å². The molecule has 19 heavy (non-hydrogen) atoms. The molecule has 0 saturated heterocycles. The van der Waals surface area contributed by atoms with Crippen molar-refractivity contribution >= 4 is 0 Å². The summed E-state index contributed by atoms with van der Waals surface area (Å²) in [4.78, 5) is 0. The molecular weight excluding hydrogens is 260 g/mol. The van der Waals surface area contributed by atoms with E-state index in [2.05, 4.69) is 13.2 Å². The second-order valence-corrected chi connectivity index (χ2v) is 3.39. The van der Waals surface area contributed by atoms with Crippen molar-refractivity contribution in [2.45, 2.75) is 0 Å². The average molecular weight is 270 g/mol. The summed E-state index contributed by atoms with van der Waals surface area (Å²) >= 11 is 0. The summed E-state index contributed by atoms with van der Waals surface area (Å²) in [6.07, 6.45) is 0. The molecule has 0 unspecified atom stereocenters. The number of phenols is 1. The van der Waals surface area contributed by atoms with Gasteiger partial charge in [0.25, 0.3) is 0 Å². The molecule has 0 aliphatic carbocycles. The van der Waals surface area contributed by atoms with Crippen molar-refractivity contribution in [2.75, 3.05) is 0 Å². The van der Waals surface area contributed by atoms with Crippen molar-refractivity contribution in [3.63, 3.8) is 0 Å². The molecule has 0 amide bonds. The van der Waals surface area contributed by atoms with E-state index < -0.39 is 29.0 Å². The number of hydrogen-bond donors (Lipinski definition) is 1. The Morgan fingerprint density at radius 1 is 0.789 bits per heavy atom. The van der Waals surface area contributed by atoms with Crippen molar-refractivity contribution in [1.82, 2.24) is 0 Å². The third-order valence-corrected chi connectivity index (χ3v) is 2.29. The predicted octanol–water partition coefficient (Wildman–Crippen LogP) is 4.42. The van der Waals surface area contributed by atoms with E-state index in [4.69, 9.17) is 5.11 Å². The summed E-state index contributed by atoms with van der Waals surface area (Å²) in [6.45, 7) is 6.00. The average Bonchev–Trinajstić information content (AvgIpc) is 2.42. The molecule has 0 aliphatic rings. The normalized spacial score (nSPS) is 9.68. The smallest absolute Gasteiger partial charge is 0.200 e. The lowest BCUT2D eigenvalue weighted by atomic mass is 10.0. The Kier molecular flexibility index (Phi) is 4.69. The van der Waals surface area contributed by atoms with E-state index in [1.807, 2.05) is 0 Å². The van der Waals surface area contributed by atoms with Gasteiger partial charge in [0.15, 0.2) is 23.2 Å². The van der Waals surface area contributed by atoms with Crippen LogP contribution in [-0.4, -0.2) is 5.11 Å². The molecule has 2 aromatic carbocycles. The van der Waals surface area contributed by atoms with Crippen LogP contribution in [0.5, 0.6) is 5.75 Å². The standard InChI is InChI=1S/C12H6F4O.C2H4/c13-8-3-1-6(5-9(8)14)7-2-4-10(17)12(16)11(7)15;1-2/h1-5,17H;1-2H2. The Balaban J connectivity index is 0.000000861. The molecule has 1 N–H and O–H groups in total. The first-order valence-electron chi connectivity index (χ1n) is 5.13. The molecule has 0 spiro atoms. The molecule has 0 fully saturated rings. The van der Waals surface area contributed by atoms with Crippen molar-refractivity contribution < 1.29 is 22.7 Å². The molecule has 0 radical (unpaired) electrons. The minimum atomic E-state index is -1.42. The van der Waals surface area contributed by atoms with Crippen LogP contribution < -0.4 is 0 Å². The van der Waals surface area contributed by atoms with Crippen molar-refractivity contribution in [2.24, 2.45) is 0 Å². The molecular formula is C14H10F4O. The van der Waals surface area contributed by atoms with Gasteiger partial charge in [-0.25, -0.2) is 13.2 Å². The summed E-state index contributed by atoms with van der Waals surface area (Å²) in [5.41, 5.74) is -0.264. The molecule has 0 bridgehead atoms. The maximum Gasteiger partial charge on any atom is 0.200 e. The van der Waals surface area contributed by atoms with Gasteiger partial charge in [0, 0.05) is 5.56 Å². The molecule has 1 nitrogen and oxygen atoms in total. The molecule has 2 aromatic rings. The van der Waals surface area contributed by atoms with Crippen molar-refractivity contribution in [3.8, 4) is 16.9 Å². The Morgan fingerprint density at radius 2 is 1.42 bits per heavy atom. The molecule has 0 aromatic heterocycles. The highest BCUT2D eigenvalue weighted by molar-refractivity contribution is 5.65. The summed E-state index contributed by atoms with van der Waals surface area (Å²) in [6, 6.07) is 4.71. The first-order chi connectivity index (χ1) is 9.00. The highest BCUT2D eigenvalue weighted by atomic mass is 19.2. The van der Waals surface area contributed by atoms with Crippen LogP contribution in [0.4, 0.5) is 17.6 Å². The molecule has 2 rings (SSSR count). The minimum Gasteiger partial charge on any atom is -0.505 e. The van der Waals surface area contributed by atoms with E-state index in [1.54, 1.807) is 0 Å². The maximum atomic E-state index is 13.4. The summed E-state index contributed by atoms with van der Waals surface area (Å²) in [5, 5.41) is 8.92. The highest BCUT2D eigenvalue weighted by Gasteiger charge is 2.15. The van der Waals surface area contributed by atoms with Crippen LogP contribution in [-0.2, 0) is 0 Å². The van der Waals surface area contributed by atoms with Crippen LogP contribution in [0.2, 0.25) is 0 Å². The quantitative estimate of drug-likeness (QED) is 0.600. The maximum absolute atomic E-state index is 13.4. The summed E-state index contributed by atoms with van der Waals surface area (Å²) in [5.74, 6) is -5.80. The van der Waals surface area contributed by atoms with Crippen LogP contribution in [0.15, 0.2) is 43.5 Å². The Hall–Kier alpha value is -2.30. The van der Waals surface area contributed by atoms with Crippen LogP contribution in [0.25, 0.3) is 11.1 Å². The van der Waals surface area contributed by atoms with Gasteiger partial charge < -0.3 is 5.11 Å². The zero-order chi connectivity index (χ0) is 14.6. The monoisotopic (exact) mass is 270 g/mol. The van der Waals surface area contributed by atoms with Gasteiger partial charge in [-0.05, 0) is 29.8 Å². The van der Waals surface area contributed by atoms with E-state index in [0.29, 0.717) is 0 Å². The third-order valence-electron chi connectivity index (χ3n) is 2.29. The number of aromatic hydroxyl groups is 1. The number of phenolic OH excluding ortho intramolecular Hbond substituents is 1. The lowest BCUT2D eigenvalue weighted by Crippen LogP contribution is -1.92. The summed E-state index contributed by atoms with van der Waals surface area (Å²) in [7, 11) is 0. The van der Waals surface area contributed by atoms with Crippen LogP contribution in [0.1, 0.15) is 0 Å². The molecule has 0 atom stereocenters. The fourth-order valence-corrected chi connectivity index (χ4v) is 1.43. The number of hydrogen-bond acceptors (Lipinski definition) is 1. The third kappa shape index (κ3) is 2.93. The van der Waals surface area contributed by atoms with E-state index in [-0.39, 0.29) is 11.1 Å². The SMILES string of the molecule is C=C.Oc1ccc(-c2ccc(F)c(F)c2)c(F)c1F. The van der Waals surface area contributed by atoms with E-state index in [9.17, 15) is 17.6 Å². The predicted molar refractivity (Wildman–Crippen MR) is 64.6 cm³/mol. The first-order valence-corrected chi connectivity index (χ1v) is 5.13. The van der Waals surface area contributed by atoms with Gasteiger partial charge in [-0.15, -0.1) is 13.2 Å². The lowest BCUT2D eigenvalue weighted by molar-refractivity contribution is 0.408. The van der Waals surface area contributed by atoms with Gasteiger partial charge in [-0.1, -0.05) is 6.07 Å². The highest BCUT2D eigenvalue weighted by Crippen LogP contribution is 2.29. The second kappa shape index (κ2) is 6.04. The fourth-order valence-electron chi connectivity index (χ4n) is 1.43. The molecule has 0 saturated carbocycles. The lowest BCUT2D eigenvalue weighted by Gasteiger charge is -2.05. The molecule has 100 valence electrons. The molecule has 5 heteroatoms. The van der Waals surface area contributed by atoms with Gasteiger partial charge in [0.1, 0.15) is 0 Å². The van der Waals surface area contributed by atoms with Crippen LogP contribution >= 0.6 is 0 Å². The fraction of sp³-hybridized carbons (Fsp3) is 0. The van der Waals surface area contributed by atoms with Gasteiger partial charge in [-0.2, -0.15) is 4.39 Å². The Morgan fingerprint density at radius 3 is 2.00 bits per heavy atom. The van der Waals surface area contributed by atoms with Crippen molar-refractivity contribution in [1.29, 1.82) is 0 Å². The van der Waals surface area contributed by atoms with Gasteiger partial charge >= 0.3 is 0 Å². The Labute approximate surface area is 107 Å². The number of halogens is 4. The first kappa shape index (κ1) is 14.8. The van der Waals surface area contributed by atoms with E-state index in [1.165, 1.54) is 0 Å².